The van der Waals surface area contributed by atoms with E-state index < -0.39 is 0 Å². The van der Waals surface area contributed by atoms with Crippen molar-refractivity contribution in [1.82, 2.24) is 0 Å². The van der Waals surface area contributed by atoms with Gasteiger partial charge in [-0.2, -0.15) is 0 Å². The second-order valence-corrected chi connectivity index (χ2v) is 6.12. The van der Waals surface area contributed by atoms with E-state index in [1.54, 1.807) is 7.11 Å². The van der Waals surface area contributed by atoms with Crippen molar-refractivity contribution in [3.63, 3.8) is 0 Å². The molecule has 0 heterocycles. The molecule has 1 atom stereocenters. The van der Waals surface area contributed by atoms with Gasteiger partial charge in [0.2, 0.25) is 0 Å². The number of hydrogen-bond donors (Lipinski definition) is 0. The second-order valence-electron chi connectivity index (χ2n) is 6.12. The predicted octanol–water partition coefficient (Wildman–Crippen LogP) is 4.47. The summed E-state index contributed by atoms with van der Waals surface area (Å²) < 4.78 is 5.27. The molecule has 108 valence electrons. The number of Topliss-reactive ketones (excluding diaryl/α,β-unsaturated/α-hetero) is 1. The fourth-order valence-corrected chi connectivity index (χ4v) is 2.46. The molecule has 2 nitrogen and oxygen atoms in total. The van der Waals surface area contributed by atoms with Crippen molar-refractivity contribution in [2.24, 2.45) is 17.3 Å². The number of ketones is 1. The molecule has 0 spiro atoms. The van der Waals surface area contributed by atoms with Gasteiger partial charge in [0.25, 0.3) is 0 Å². The highest BCUT2D eigenvalue weighted by Crippen LogP contribution is 2.31. The Labute approximate surface area is 113 Å². The van der Waals surface area contributed by atoms with Gasteiger partial charge in [-0.25, -0.2) is 0 Å². The van der Waals surface area contributed by atoms with Crippen LogP contribution in [0.25, 0.3) is 0 Å². The van der Waals surface area contributed by atoms with Gasteiger partial charge in [0.15, 0.2) is 0 Å². The maximum absolute atomic E-state index is 12.5. The minimum atomic E-state index is -0.249. The number of rotatable bonds is 10. The molecule has 0 saturated carbocycles. The van der Waals surface area contributed by atoms with Crippen LogP contribution >= 0.6 is 0 Å². The summed E-state index contributed by atoms with van der Waals surface area (Å²) in [6.45, 7) is 11.4. The maximum atomic E-state index is 12.5. The Hall–Kier alpha value is -0.370. The molecule has 0 aliphatic carbocycles. The van der Waals surface area contributed by atoms with Crippen LogP contribution in [0.15, 0.2) is 0 Å². The SMILES string of the molecule is CCC(CC)(COC)C(=O)CC(C)CCC(C)C. The van der Waals surface area contributed by atoms with E-state index in [9.17, 15) is 4.79 Å². The summed E-state index contributed by atoms with van der Waals surface area (Å²) in [5.41, 5.74) is -0.249. The normalized spacial score (nSPS) is 13.9. The van der Waals surface area contributed by atoms with Crippen molar-refractivity contribution in [2.75, 3.05) is 13.7 Å². The van der Waals surface area contributed by atoms with E-state index in [2.05, 4.69) is 34.6 Å². The summed E-state index contributed by atoms with van der Waals surface area (Å²) in [6.07, 6.45) is 4.84. The van der Waals surface area contributed by atoms with Crippen LogP contribution in [0.5, 0.6) is 0 Å². The topological polar surface area (TPSA) is 26.3 Å². The van der Waals surface area contributed by atoms with Crippen LogP contribution in [-0.4, -0.2) is 19.5 Å². The highest BCUT2D eigenvalue weighted by atomic mass is 16.5. The number of hydrogen-bond acceptors (Lipinski definition) is 2. The van der Waals surface area contributed by atoms with Crippen LogP contribution in [0.4, 0.5) is 0 Å². The van der Waals surface area contributed by atoms with Gasteiger partial charge in [0.05, 0.1) is 12.0 Å². The van der Waals surface area contributed by atoms with E-state index in [4.69, 9.17) is 4.74 Å². The molecule has 0 bridgehead atoms. The van der Waals surface area contributed by atoms with Crippen LogP contribution < -0.4 is 0 Å². The van der Waals surface area contributed by atoms with E-state index >= 15 is 0 Å². The third kappa shape index (κ3) is 5.51. The summed E-state index contributed by atoms with van der Waals surface area (Å²) >= 11 is 0. The number of ether oxygens (including phenoxy) is 1. The molecule has 0 radical (unpaired) electrons. The van der Waals surface area contributed by atoms with Crippen LogP contribution in [0.3, 0.4) is 0 Å². The lowest BCUT2D eigenvalue weighted by molar-refractivity contribution is -0.133. The molecule has 0 aromatic rings. The molecule has 0 amide bonds. The zero-order valence-corrected chi connectivity index (χ0v) is 13.2. The Morgan fingerprint density at radius 2 is 1.67 bits per heavy atom. The molecular formula is C16H32O2. The predicted molar refractivity (Wildman–Crippen MR) is 77.8 cm³/mol. The Morgan fingerprint density at radius 1 is 1.11 bits per heavy atom. The highest BCUT2D eigenvalue weighted by Gasteiger charge is 2.34. The first kappa shape index (κ1) is 17.6. The highest BCUT2D eigenvalue weighted by molar-refractivity contribution is 5.85. The van der Waals surface area contributed by atoms with Gasteiger partial charge in [-0.1, -0.05) is 47.5 Å². The third-order valence-corrected chi connectivity index (χ3v) is 4.14. The number of carbonyl (C=O) groups excluding carboxylic acids is 1. The standard InChI is InChI=1S/C16H32O2/c1-7-16(8-2,12-18-6)15(17)11-14(5)10-9-13(3)4/h13-14H,7-12H2,1-6H3. The maximum Gasteiger partial charge on any atom is 0.141 e. The molecule has 0 aliphatic rings. The Bertz CT molecular complexity index is 229. The van der Waals surface area contributed by atoms with Gasteiger partial charge in [0.1, 0.15) is 5.78 Å². The minimum absolute atomic E-state index is 0.249. The Kier molecular flexibility index (Phi) is 8.51. The quantitative estimate of drug-likeness (QED) is 0.576. The van der Waals surface area contributed by atoms with Gasteiger partial charge in [-0.15, -0.1) is 0 Å². The van der Waals surface area contributed by atoms with Crippen molar-refractivity contribution in [3.05, 3.63) is 0 Å². The lowest BCUT2D eigenvalue weighted by Crippen LogP contribution is -2.35. The first-order chi connectivity index (χ1) is 8.41. The van der Waals surface area contributed by atoms with Gasteiger partial charge >= 0.3 is 0 Å². The average molecular weight is 256 g/mol. The molecule has 0 aromatic heterocycles. The fraction of sp³-hybridized carbons (Fsp3) is 0.938. The second kappa shape index (κ2) is 8.68. The van der Waals surface area contributed by atoms with Crippen LogP contribution in [-0.2, 0) is 9.53 Å². The van der Waals surface area contributed by atoms with Crippen LogP contribution in [0.1, 0.15) is 66.7 Å². The van der Waals surface area contributed by atoms with E-state index in [0.29, 0.717) is 24.7 Å². The summed E-state index contributed by atoms with van der Waals surface area (Å²) in [6, 6.07) is 0. The summed E-state index contributed by atoms with van der Waals surface area (Å²) in [5.74, 6) is 1.61. The Balaban J connectivity index is 4.41. The molecule has 2 heteroatoms. The first-order valence-corrected chi connectivity index (χ1v) is 7.44. The first-order valence-electron chi connectivity index (χ1n) is 7.44. The largest absolute Gasteiger partial charge is 0.384 e. The summed E-state index contributed by atoms with van der Waals surface area (Å²) in [5, 5.41) is 0. The van der Waals surface area contributed by atoms with E-state index in [0.717, 1.165) is 25.2 Å². The fourth-order valence-electron chi connectivity index (χ4n) is 2.46. The molecule has 0 saturated heterocycles. The lowest BCUT2D eigenvalue weighted by atomic mass is 9.75. The van der Waals surface area contributed by atoms with Crippen molar-refractivity contribution >= 4 is 5.78 Å². The molecule has 0 fully saturated rings. The van der Waals surface area contributed by atoms with Crippen molar-refractivity contribution in [3.8, 4) is 0 Å². The third-order valence-electron chi connectivity index (χ3n) is 4.14. The van der Waals surface area contributed by atoms with Crippen LogP contribution in [0.2, 0.25) is 0 Å². The van der Waals surface area contributed by atoms with Gasteiger partial charge in [-0.05, 0) is 24.7 Å². The van der Waals surface area contributed by atoms with E-state index in [1.165, 1.54) is 6.42 Å². The zero-order valence-electron chi connectivity index (χ0n) is 13.2. The van der Waals surface area contributed by atoms with E-state index in [-0.39, 0.29) is 5.41 Å². The molecule has 0 rings (SSSR count). The van der Waals surface area contributed by atoms with Gasteiger partial charge < -0.3 is 4.74 Å². The zero-order chi connectivity index (χ0) is 14.2. The lowest BCUT2D eigenvalue weighted by Gasteiger charge is -2.30. The van der Waals surface area contributed by atoms with Crippen LogP contribution in [0, 0.1) is 17.3 Å². The van der Waals surface area contributed by atoms with Gasteiger partial charge in [-0.3, -0.25) is 4.79 Å². The van der Waals surface area contributed by atoms with Crippen molar-refractivity contribution in [1.29, 1.82) is 0 Å². The molecule has 1 unspecified atom stereocenters. The molecule has 0 N–H and O–H groups in total. The summed E-state index contributed by atoms with van der Waals surface area (Å²) in [4.78, 5) is 12.5. The summed E-state index contributed by atoms with van der Waals surface area (Å²) in [7, 11) is 1.69. The van der Waals surface area contributed by atoms with E-state index in [1.807, 2.05) is 0 Å². The molecule has 0 aromatic carbocycles. The smallest absolute Gasteiger partial charge is 0.141 e. The average Bonchev–Trinajstić information content (AvgIpc) is 2.33. The number of methoxy groups -OCH3 is 1. The molecule has 0 aliphatic heterocycles. The minimum Gasteiger partial charge on any atom is -0.384 e. The van der Waals surface area contributed by atoms with Crippen molar-refractivity contribution < 1.29 is 9.53 Å². The van der Waals surface area contributed by atoms with Crippen molar-refractivity contribution in [2.45, 2.75) is 66.7 Å². The Morgan fingerprint density at radius 3 is 2.06 bits per heavy atom. The monoisotopic (exact) mass is 256 g/mol. The van der Waals surface area contributed by atoms with Gasteiger partial charge in [0, 0.05) is 13.5 Å². The molecule has 18 heavy (non-hydrogen) atoms. The molecular weight excluding hydrogens is 224 g/mol. The number of carbonyl (C=O) groups is 1.